The Kier molecular flexibility index (Phi) is 8.52. The fraction of sp³-hybridized carbons (Fsp3) is 0.818. The van der Waals surface area contributed by atoms with E-state index in [4.69, 9.17) is 5.11 Å². The van der Waals surface area contributed by atoms with E-state index in [0.29, 0.717) is 19.5 Å². The lowest BCUT2D eigenvalue weighted by Gasteiger charge is -2.15. The Hall–Kier alpha value is -1.10. The van der Waals surface area contributed by atoms with Crippen LogP contribution in [-0.2, 0) is 9.59 Å². The summed E-state index contributed by atoms with van der Waals surface area (Å²) < 4.78 is 0. The molecule has 0 spiro atoms. The molecule has 0 unspecified atom stereocenters. The largest absolute Gasteiger partial charge is 0.481 e. The number of nitrogens with zero attached hydrogens (tertiary/aromatic N) is 1. The number of nitrogens with one attached hydrogen (secondary N) is 1. The molecule has 0 aliphatic carbocycles. The molecule has 0 aromatic rings. The van der Waals surface area contributed by atoms with Crippen LogP contribution in [0.2, 0.25) is 0 Å². The van der Waals surface area contributed by atoms with Gasteiger partial charge in [0.25, 0.3) is 0 Å². The Labute approximate surface area is 96.8 Å². The number of likely N-dealkylation sites (N-methyl/N-ethyl adjacent to an activating group) is 2. The van der Waals surface area contributed by atoms with E-state index >= 15 is 0 Å². The summed E-state index contributed by atoms with van der Waals surface area (Å²) in [6.45, 7) is 3.79. The van der Waals surface area contributed by atoms with Crippen LogP contribution < -0.4 is 5.32 Å². The SMILES string of the molecule is CCNC(=O)CN(C)CCCCCC(=O)O. The maximum absolute atomic E-state index is 11.2. The van der Waals surface area contributed by atoms with Crippen molar-refractivity contribution < 1.29 is 14.7 Å². The van der Waals surface area contributed by atoms with Gasteiger partial charge in [-0.2, -0.15) is 0 Å². The van der Waals surface area contributed by atoms with Gasteiger partial charge in [-0.25, -0.2) is 0 Å². The fourth-order valence-electron chi connectivity index (χ4n) is 1.41. The standard InChI is InChI=1S/C11H22N2O3/c1-3-12-10(14)9-13(2)8-6-4-5-7-11(15)16/h3-9H2,1-2H3,(H,12,14)(H,15,16). The minimum absolute atomic E-state index is 0.0375. The summed E-state index contributed by atoms with van der Waals surface area (Å²) in [5.74, 6) is -0.703. The first-order chi connectivity index (χ1) is 7.56. The maximum Gasteiger partial charge on any atom is 0.303 e. The van der Waals surface area contributed by atoms with E-state index in [2.05, 4.69) is 5.32 Å². The molecule has 0 aromatic heterocycles. The third-order valence-electron chi connectivity index (χ3n) is 2.22. The van der Waals surface area contributed by atoms with Crippen LogP contribution in [0.5, 0.6) is 0 Å². The minimum atomic E-state index is -0.740. The van der Waals surface area contributed by atoms with Gasteiger partial charge in [-0.3, -0.25) is 14.5 Å². The molecule has 94 valence electrons. The van der Waals surface area contributed by atoms with Gasteiger partial charge < -0.3 is 10.4 Å². The highest BCUT2D eigenvalue weighted by atomic mass is 16.4. The first-order valence-electron chi connectivity index (χ1n) is 5.73. The van der Waals surface area contributed by atoms with Crippen molar-refractivity contribution in [1.82, 2.24) is 10.2 Å². The molecule has 5 nitrogen and oxygen atoms in total. The van der Waals surface area contributed by atoms with Gasteiger partial charge in [-0.05, 0) is 33.4 Å². The Morgan fingerprint density at radius 3 is 2.50 bits per heavy atom. The van der Waals surface area contributed by atoms with E-state index in [1.54, 1.807) is 0 Å². The molecule has 16 heavy (non-hydrogen) atoms. The lowest BCUT2D eigenvalue weighted by atomic mass is 10.2. The van der Waals surface area contributed by atoms with E-state index in [-0.39, 0.29) is 12.3 Å². The molecule has 0 aromatic carbocycles. The Balaban J connectivity index is 3.39. The molecule has 0 aliphatic heterocycles. The van der Waals surface area contributed by atoms with E-state index < -0.39 is 5.97 Å². The van der Waals surface area contributed by atoms with E-state index in [1.807, 2.05) is 18.9 Å². The predicted molar refractivity (Wildman–Crippen MR) is 62.3 cm³/mol. The number of amides is 1. The van der Waals surface area contributed by atoms with Crippen molar-refractivity contribution in [2.24, 2.45) is 0 Å². The van der Waals surface area contributed by atoms with Crippen LogP contribution in [0.3, 0.4) is 0 Å². The molecule has 0 aliphatic rings. The van der Waals surface area contributed by atoms with E-state index in [9.17, 15) is 9.59 Å². The first kappa shape index (κ1) is 14.9. The zero-order chi connectivity index (χ0) is 12.4. The zero-order valence-corrected chi connectivity index (χ0v) is 10.2. The van der Waals surface area contributed by atoms with Crippen LogP contribution in [0, 0.1) is 0 Å². The van der Waals surface area contributed by atoms with E-state index in [0.717, 1.165) is 19.4 Å². The third kappa shape index (κ3) is 9.45. The van der Waals surface area contributed by atoms with Gasteiger partial charge in [-0.1, -0.05) is 6.42 Å². The molecular formula is C11H22N2O3. The number of hydrogen-bond acceptors (Lipinski definition) is 3. The van der Waals surface area contributed by atoms with Crippen LogP contribution in [0.4, 0.5) is 0 Å². The van der Waals surface area contributed by atoms with Crippen LogP contribution >= 0.6 is 0 Å². The lowest BCUT2D eigenvalue weighted by Crippen LogP contribution is -2.35. The second-order valence-corrected chi connectivity index (χ2v) is 3.90. The molecule has 0 saturated carbocycles. The van der Waals surface area contributed by atoms with Crippen molar-refractivity contribution in [1.29, 1.82) is 0 Å². The van der Waals surface area contributed by atoms with Gasteiger partial charge in [0.1, 0.15) is 0 Å². The highest BCUT2D eigenvalue weighted by Crippen LogP contribution is 2.00. The maximum atomic E-state index is 11.2. The molecule has 1 amide bonds. The quantitative estimate of drug-likeness (QED) is 0.572. The number of carboxylic acid groups (broad SMARTS) is 1. The minimum Gasteiger partial charge on any atom is -0.481 e. The molecule has 2 N–H and O–H groups in total. The molecule has 0 heterocycles. The Bertz CT molecular complexity index is 219. The van der Waals surface area contributed by atoms with Crippen molar-refractivity contribution in [3.05, 3.63) is 0 Å². The summed E-state index contributed by atoms with van der Waals surface area (Å²) in [6, 6.07) is 0. The average molecular weight is 230 g/mol. The van der Waals surface area contributed by atoms with Crippen LogP contribution in [0.1, 0.15) is 32.6 Å². The third-order valence-corrected chi connectivity index (χ3v) is 2.22. The number of rotatable bonds is 9. The summed E-state index contributed by atoms with van der Waals surface area (Å²) in [6.07, 6.45) is 2.78. The predicted octanol–water partition coefficient (Wildman–Crippen LogP) is 0.699. The Morgan fingerprint density at radius 2 is 1.94 bits per heavy atom. The summed E-state index contributed by atoms with van der Waals surface area (Å²) in [4.78, 5) is 23.4. The van der Waals surface area contributed by atoms with Gasteiger partial charge in [0.2, 0.25) is 5.91 Å². The summed E-state index contributed by atoms with van der Waals surface area (Å²) in [5, 5.41) is 11.2. The first-order valence-corrected chi connectivity index (χ1v) is 5.73. The molecule has 0 rings (SSSR count). The number of aliphatic carboxylic acids is 1. The highest BCUT2D eigenvalue weighted by Gasteiger charge is 2.04. The van der Waals surface area contributed by atoms with Gasteiger partial charge in [0, 0.05) is 13.0 Å². The van der Waals surface area contributed by atoms with Crippen LogP contribution in [0.15, 0.2) is 0 Å². The Morgan fingerprint density at radius 1 is 1.25 bits per heavy atom. The van der Waals surface area contributed by atoms with Crippen molar-refractivity contribution in [3.63, 3.8) is 0 Å². The molecular weight excluding hydrogens is 208 g/mol. The number of unbranched alkanes of at least 4 members (excludes halogenated alkanes) is 2. The molecule has 0 saturated heterocycles. The van der Waals surface area contributed by atoms with E-state index in [1.165, 1.54) is 0 Å². The molecule has 0 atom stereocenters. The molecule has 5 heteroatoms. The number of hydrogen-bond donors (Lipinski definition) is 2. The summed E-state index contributed by atoms with van der Waals surface area (Å²) >= 11 is 0. The van der Waals surface area contributed by atoms with Crippen molar-refractivity contribution in [2.45, 2.75) is 32.6 Å². The summed E-state index contributed by atoms with van der Waals surface area (Å²) in [7, 11) is 1.90. The van der Waals surface area contributed by atoms with Crippen molar-refractivity contribution >= 4 is 11.9 Å². The second kappa shape index (κ2) is 9.15. The number of carbonyl (C=O) groups is 2. The van der Waals surface area contributed by atoms with Crippen LogP contribution in [-0.4, -0.2) is 48.6 Å². The van der Waals surface area contributed by atoms with Crippen LogP contribution in [0.25, 0.3) is 0 Å². The van der Waals surface area contributed by atoms with Gasteiger partial charge >= 0.3 is 5.97 Å². The zero-order valence-electron chi connectivity index (χ0n) is 10.2. The molecule has 0 radical (unpaired) electrons. The normalized spacial score (nSPS) is 10.4. The number of carbonyl (C=O) groups excluding carboxylic acids is 1. The van der Waals surface area contributed by atoms with Gasteiger partial charge in [0.05, 0.1) is 6.54 Å². The van der Waals surface area contributed by atoms with Crippen molar-refractivity contribution in [2.75, 3.05) is 26.7 Å². The van der Waals surface area contributed by atoms with Crippen molar-refractivity contribution in [3.8, 4) is 0 Å². The average Bonchev–Trinajstić information content (AvgIpc) is 2.16. The topological polar surface area (TPSA) is 69.6 Å². The second-order valence-electron chi connectivity index (χ2n) is 3.90. The number of carboxylic acids is 1. The smallest absolute Gasteiger partial charge is 0.303 e. The monoisotopic (exact) mass is 230 g/mol. The highest BCUT2D eigenvalue weighted by molar-refractivity contribution is 5.77. The lowest BCUT2D eigenvalue weighted by molar-refractivity contribution is -0.137. The van der Waals surface area contributed by atoms with Gasteiger partial charge in [0.15, 0.2) is 0 Å². The molecule has 0 fully saturated rings. The molecule has 0 bridgehead atoms. The van der Waals surface area contributed by atoms with Gasteiger partial charge in [-0.15, -0.1) is 0 Å². The fourth-order valence-corrected chi connectivity index (χ4v) is 1.41. The summed E-state index contributed by atoms with van der Waals surface area (Å²) in [5.41, 5.74) is 0.